The fourth-order valence-corrected chi connectivity index (χ4v) is 3.53. The maximum atomic E-state index is 12.4. The summed E-state index contributed by atoms with van der Waals surface area (Å²) >= 11 is 0. The topological polar surface area (TPSA) is 68.0 Å². The van der Waals surface area contributed by atoms with Crippen LogP contribution in [0.15, 0.2) is 24.7 Å². The van der Waals surface area contributed by atoms with E-state index in [1.54, 1.807) is 6.20 Å². The summed E-state index contributed by atoms with van der Waals surface area (Å²) in [5.74, 6) is 2.51. The number of aromatic nitrogens is 4. The van der Waals surface area contributed by atoms with E-state index < -0.39 is 0 Å². The Morgan fingerprint density at radius 1 is 1.40 bits per heavy atom. The zero-order valence-corrected chi connectivity index (χ0v) is 15.2. The molecule has 0 saturated carbocycles. The summed E-state index contributed by atoms with van der Waals surface area (Å²) in [6.07, 6.45) is 9.88. The summed E-state index contributed by atoms with van der Waals surface area (Å²) in [6.45, 7) is 5.29. The molecule has 2 aromatic heterocycles. The van der Waals surface area contributed by atoms with Crippen LogP contribution < -0.4 is 5.32 Å². The number of aryl methyl sites for hydroxylation is 2. The van der Waals surface area contributed by atoms with Crippen LogP contribution in [0.3, 0.4) is 0 Å². The molecule has 7 nitrogen and oxygen atoms in total. The second kappa shape index (κ2) is 8.29. The highest BCUT2D eigenvalue weighted by Gasteiger charge is 2.23. The van der Waals surface area contributed by atoms with Crippen molar-refractivity contribution in [2.75, 3.05) is 25.0 Å². The van der Waals surface area contributed by atoms with Gasteiger partial charge in [-0.2, -0.15) is 5.10 Å². The first-order chi connectivity index (χ1) is 12.2. The minimum absolute atomic E-state index is 0.0375. The highest BCUT2D eigenvalue weighted by atomic mass is 16.2. The van der Waals surface area contributed by atoms with Crippen LogP contribution in [0.4, 0.5) is 5.82 Å². The lowest BCUT2D eigenvalue weighted by Crippen LogP contribution is -2.41. The molecule has 1 amide bonds. The van der Waals surface area contributed by atoms with Gasteiger partial charge in [-0.15, -0.1) is 0 Å². The van der Waals surface area contributed by atoms with Gasteiger partial charge in [0.25, 0.3) is 0 Å². The second-order valence-electron chi connectivity index (χ2n) is 6.89. The average Bonchev–Trinajstić information content (AvgIpc) is 3.18. The number of piperidine rings is 1. The standard InChI is InChI=1S/C18H28N6O/c1-3-9-24-16(6-7-20-24)21-18(25)14-23-10-4-5-15(13-23)12-17-19-8-11-22(17)2/h6-8,11,15H,3-5,9-10,12-14H2,1-2H3,(H,21,25). The van der Waals surface area contributed by atoms with E-state index in [1.807, 2.05) is 30.2 Å². The Labute approximate surface area is 149 Å². The van der Waals surface area contributed by atoms with Gasteiger partial charge in [0.2, 0.25) is 5.91 Å². The van der Waals surface area contributed by atoms with Gasteiger partial charge in [-0.1, -0.05) is 6.92 Å². The molecule has 0 bridgehead atoms. The van der Waals surface area contributed by atoms with Crippen molar-refractivity contribution >= 4 is 11.7 Å². The van der Waals surface area contributed by atoms with E-state index >= 15 is 0 Å². The Balaban J connectivity index is 1.51. The molecule has 3 rings (SSSR count). The normalized spacial score (nSPS) is 18.4. The van der Waals surface area contributed by atoms with Gasteiger partial charge >= 0.3 is 0 Å². The van der Waals surface area contributed by atoms with Crippen LogP contribution in [-0.2, 0) is 24.8 Å². The Morgan fingerprint density at radius 2 is 2.28 bits per heavy atom. The first-order valence-corrected chi connectivity index (χ1v) is 9.16. The van der Waals surface area contributed by atoms with Crippen molar-refractivity contribution in [1.29, 1.82) is 0 Å². The molecule has 3 heterocycles. The summed E-state index contributed by atoms with van der Waals surface area (Å²) in [5, 5.41) is 7.24. The van der Waals surface area contributed by atoms with Crippen LogP contribution in [0, 0.1) is 5.92 Å². The van der Waals surface area contributed by atoms with Crippen LogP contribution in [-0.4, -0.2) is 49.8 Å². The number of imidazole rings is 1. The summed E-state index contributed by atoms with van der Waals surface area (Å²) < 4.78 is 3.93. The van der Waals surface area contributed by atoms with Gasteiger partial charge in [0.05, 0.1) is 12.7 Å². The molecule has 1 saturated heterocycles. The van der Waals surface area contributed by atoms with E-state index in [0.717, 1.165) is 50.5 Å². The molecule has 7 heteroatoms. The molecule has 1 atom stereocenters. The van der Waals surface area contributed by atoms with Gasteiger partial charge in [0.15, 0.2) is 0 Å². The minimum atomic E-state index is 0.0375. The maximum absolute atomic E-state index is 12.4. The predicted octanol–water partition coefficient (Wildman–Crippen LogP) is 1.92. The molecule has 0 aliphatic carbocycles. The molecule has 1 fully saturated rings. The third-order valence-electron chi connectivity index (χ3n) is 4.78. The lowest BCUT2D eigenvalue weighted by Gasteiger charge is -2.32. The van der Waals surface area contributed by atoms with Gasteiger partial charge in [-0.05, 0) is 31.7 Å². The highest BCUT2D eigenvalue weighted by molar-refractivity contribution is 5.91. The number of rotatable bonds is 7. The van der Waals surface area contributed by atoms with E-state index in [-0.39, 0.29) is 5.91 Å². The van der Waals surface area contributed by atoms with Crippen LogP contribution in [0.25, 0.3) is 0 Å². The minimum Gasteiger partial charge on any atom is -0.338 e. The number of amides is 1. The molecule has 0 radical (unpaired) electrons. The number of likely N-dealkylation sites (tertiary alicyclic amines) is 1. The fraction of sp³-hybridized carbons (Fsp3) is 0.611. The molecule has 1 N–H and O–H groups in total. The summed E-state index contributed by atoms with van der Waals surface area (Å²) in [6, 6.07) is 1.85. The van der Waals surface area contributed by atoms with Crippen molar-refractivity contribution in [3.05, 3.63) is 30.5 Å². The van der Waals surface area contributed by atoms with Crippen LogP contribution >= 0.6 is 0 Å². The Bertz CT molecular complexity index is 691. The lowest BCUT2D eigenvalue weighted by molar-refractivity contribution is -0.117. The third-order valence-corrected chi connectivity index (χ3v) is 4.78. The zero-order chi connectivity index (χ0) is 17.6. The number of nitrogens with zero attached hydrogens (tertiary/aromatic N) is 5. The second-order valence-corrected chi connectivity index (χ2v) is 6.89. The van der Waals surface area contributed by atoms with E-state index in [0.29, 0.717) is 12.5 Å². The van der Waals surface area contributed by atoms with E-state index in [4.69, 9.17) is 0 Å². The first-order valence-electron chi connectivity index (χ1n) is 9.16. The van der Waals surface area contributed by atoms with Gasteiger partial charge in [0, 0.05) is 45.0 Å². The Kier molecular flexibility index (Phi) is 5.86. The van der Waals surface area contributed by atoms with Gasteiger partial charge < -0.3 is 9.88 Å². The van der Waals surface area contributed by atoms with Gasteiger partial charge in [-0.25, -0.2) is 9.67 Å². The summed E-state index contributed by atoms with van der Waals surface area (Å²) in [4.78, 5) is 19.1. The predicted molar refractivity (Wildman–Crippen MR) is 97.2 cm³/mol. The van der Waals surface area contributed by atoms with Gasteiger partial charge in [-0.3, -0.25) is 9.69 Å². The van der Waals surface area contributed by atoms with Crippen molar-refractivity contribution < 1.29 is 4.79 Å². The molecule has 0 spiro atoms. The summed E-state index contributed by atoms with van der Waals surface area (Å²) in [5.41, 5.74) is 0. The van der Waals surface area contributed by atoms with Crippen molar-refractivity contribution in [2.24, 2.45) is 13.0 Å². The number of hydrogen-bond donors (Lipinski definition) is 1. The molecule has 0 aromatic carbocycles. The summed E-state index contributed by atoms with van der Waals surface area (Å²) in [7, 11) is 2.04. The number of hydrogen-bond acceptors (Lipinski definition) is 4. The monoisotopic (exact) mass is 344 g/mol. The molecular weight excluding hydrogens is 316 g/mol. The van der Waals surface area contributed by atoms with Crippen LogP contribution in [0.1, 0.15) is 32.0 Å². The van der Waals surface area contributed by atoms with E-state index in [9.17, 15) is 4.79 Å². The fourth-order valence-electron chi connectivity index (χ4n) is 3.53. The largest absolute Gasteiger partial charge is 0.338 e. The van der Waals surface area contributed by atoms with Crippen molar-refractivity contribution in [2.45, 2.75) is 39.2 Å². The Morgan fingerprint density at radius 3 is 3.04 bits per heavy atom. The van der Waals surface area contributed by atoms with E-state index in [2.05, 4.69) is 31.8 Å². The Hall–Kier alpha value is -2.15. The SMILES string of the molecule is CCCn1nccc1NC(=O)CN1CCCC(Cc2nccn2C)C1. The highest BCUT2D eigenvalue weighted by Crippen LogP contribution is 2.20. The number of nitrogens with one attached hydrogen (secondary N) is 1. The molecule has 1 unspecified atom stereocenters. The van der Waals surface area contributed by atoms with Crippen molar-refractivity contribution in [3.8, 4) is 0 Å². The number of anilines is 1. The molecule has 25 heavy (non-hydrogen) atoms. The molecular formula is C18H28N6O. The maximum Gasteiger partial charge on any atom is 0.239 e. The zero-order valence-electron chi connectivity index (χ0n) is 15.2. The number of carbonyl (C=O) groups is 1. The molecule has 136 valence electrons. The lowest BCUT2D eigenvalue weighted by atomic mass is 9.94. The van der Waals surface area contributed by atoms with Crippen LogP contribution in [0.5, 0.6) is 0 Å². The van der Waals surface area contributed by atoms with E-state index in [1.165, 1.54) is 6.42 Å². The quantitative estimate of drug-likeness (QED) is 0.833. The smallest absolute Gasteiger partial charge is 0.239 e. The number of carbonyl (C=O) groups excluding carboxylic acids is 1. The molecule has 1 aliphatic rings. The average molecular weight is 344 g/mol. The molecule has 1 aliphatic heterocycles. The van der Waals surface area contributed by atoms with Crippen LogP contribution in [0.2, 0.25) is 0 Å². The van der Waals surface area contributed by atoms with Crippen molar-refractivity contribution in [3.63, 3.8) is 0 Å². The van der Waals surface area contributed by atoms with Gasteiger partial charge in [0.1, 0.15) is 11.6 Å². The first kappa shape index (κ1) is 17.7. The third kappa shape index (κ3) is 4.69. The molecule has 2 aromatic rings. The van der Waals surface area contributed by atoms with Crippen molar-refractivity contribution in [1.82, 2.24) is 24.2 Å².